The third kappa shape index (κ3) is 2.59. The lowest BCUT2D eigenvalue weighted by atomic mass is 9.76. The monoisotopic (exact) mass is 264 g/mol. The first-order valence-corrected chi connectivity index (χ1v) is 6.21. The van der Waals surface area contributed by atoms with E-state index in [9.17, 15) is 14.4 Å². The molecule has 5 heteroatoms. The van der Waals surface area contributed by atoms with Crippen LogP contribution in [0.5, 0.6) is 0 Å². The van der Waals surface area contributed by atoms with E-state index in [-0.39, 0.29) is 23.4 Å². The lowest BCUT2D eigenvalue weighted by molar-refractivity contribution is 0.0520. The Morgan fingerprint density at radius 2 is 2.05 bits per heavy atom. The molecule has 0 atom stereocenters. The minimum Gasteiger partial charge on any atom is -0.462 e. The molecule has 1 aliphatic carbocycles. The summed E-state index contributed by atoms with van der Waals surface area (Å²) in [6.07, 6.45) is 0.877. The summed E-state index contributed by atoms with van der Waals surface area (Å²) in [4.78, 5) is 35.4. The van der Waals surface area contributed by atoms with Gasteiger partial charge in [-0.05, 0) is 18.4 Å². The second-order valence-electron chi connectivity index (χ2n) is 5.45. The summed E-state index contributed by atoms with van der Waals surface area (Å²) in [6.45, 7) is 5.68. The summed E-state index contributed by atoms with van der Waals surface area (Å²) in [7, 11) is 0. The fraction of sp³-hybridized carbons (Fsp3) is 0.500. The van der Waals surface area contributed by atoms with E-state index in [1.165, 1.54) is 6.07 Å². The number of Topliss-reactive ketones (excluding diaryl/α,β-unsaturated/α-hetero) is 1. The van der Waals surface area contributed by atoms with E-state index in [1.807, 2.05) is 13.8 Å². The number of hydrogen-bond acceptors (Lipinski definition) is 5. The molecule has 0 saturated heterocycles. The maximum absolute atomic E-state index is 12.0. The Balaban J connectivity index is 2.50. The topological polar surface area (TPSA) is 73.6 Å². The molecule has 0 unspecified atom stereocenters. The molecule has 0 N–H and O–H groups in total. The van der Waals surface area contributed by atoms with Gasteiger partial charge >= 0.3 is 11.6 Å². The Labute approximate surface area is 110 Å². The van der Waals surface area contributed by atoms with Crippen LogP contribution in [0.2, 0.25) is 0 Å². The lowest BCUT2D eigenvalue weighted by Crippen LogP contribution is -2.29. The fourth-order valence-corrected chi connectivity index (χ4v) is 2.25. The molecule has 0 spiro atoms. The van der Waals surface area contributed by atoms with Gasteiger partial charge in [-0.25, -0.2) is 9.59 Å². The normalized spacial score (nSPS) is 16.9. The van der Waals surface area contributed by atoms with Crippen molar-refractivity contribution in [2.45, 2.75) is 33.6 Å². The quantitative estimate of drug-likeness (QED) is 0.763. The van der Waals surface area contributed by atoms with Crippen molar-refractivity contribution in [2.24, 2.45) is 5.41 Å². The van der Waals surface area contributed by atoms with Gasteiger partial charge in [-0.15, -0.1) is 0 Å². The van der Waals surface area contributed by atoms with E-state index >= 15 is 0 Å². The zero-order valence-corrected chi connectivity index (χ0v) is 11.2. The van der Waals surface area contributed by atoms with Gasteiger partial charge in [0, 0.05) is 12.8 Å². The highest BCUT2D eigenvalue weighted by Crippen LogP contribution is 2.34. The minimum absolute atomic E-state index is 0.111. The first-order chi connectivity index (χ1) is 8.84. The third-order valence-electron chi connectivity index (χ3n) is 3.10. The van der Waals surface area contributed by atoms with Crippen molar-refractivity contribution in [2.75, 3.05) is 6.61 Å². The van der Waals surface area contributed by atoms with Crippen LogP contribution in [0.25, 0.3) is 0 Å². The Morgan fingerprint density at radius 3 is 2.68 bits per heavy atom. The number of ketones is 1. The molecule has 102 valence electrons. The Hall–Kier alpha value is -1.91. The molecule has 1 heterocycles. The molecule has 0 saturated carbocycles. The molecule has 5 nitrogen and oxygen atoms in total. The van der Waals surface area contributed by atoms with Crippen LogP contribution in [0.1, 0.15) is 53.7 Å². The largest absolute Gasteiger partial charge is 0.462 e. The number of ether oxygens (including phenoxy) is 1. The number of esters is 1. The number of fused-ring (bicyclic) bond motifs is 1. The van der Waals surface area contributed by atoms with Gasteiger partial charge < -0.3 is 9.15 Å². The summed E-state index contributed by atoms with van der Waals surface area (Å²) < 4.78 is 9.89. The van der Waals surface area contributed by atoms with Gasteiger partial charge in [-0.3, -0.25) is 4.79 Å². The van der Waals surface area contributed by atoms with Gasteiger partial charge in [0.05, 0.1) is 12.2 Å². The van der Waals surface area contributed by atoms with Crippen LogP contribution in [-0.4, -0.2) is 18.4 Å². The predicted octanol–water partition coefficient (Wildman–Crippen LogP) is 1.97. The Bertz CT molecular complexity index is 594. The summed E-state index contributed by atoms with van der Waals surface area (Å²) in [5.41, 5.74) is -0.871. The van der Waals surface area contributed by atoms with Gasteiger partial charge in [0.15, 0.2) is 5.78 Å². The predicted molar refractivity (Wildman–Crippen MR) is 67.4 cm³/mol. The van der Waals surface area contributed by atoms with Crippen LogP contribution in [0.3, 0.4) is 0 Å². The molecule has 1 aliphatic rings. The van der Waals surface area contributed by atoms with Crippen molar-refractivity contribution in [1.82, 2.24) is 0 Å². The first-order valence-electron chi connectivity index (χ1n) is 6.21. The summed E-state index contributed by atoms with van der Waals surface area (Å²) in [5, 5.41) is 0. The third-order valence-corrected chi connectivity index (χ3v) is 3.10. The van der Waals surface area contributed by atoms with Gasteiger partial charge in [0.25, 0.3) is 0 Å². The van der Waals surface area contributed by atoms with Crippen LogP contribution in [-0.2, 0) is 11.2 Å². The standard InChI is InChI=1S/C14H16O5/c1-4-18-12(16)9-5-8-10(15)6-14(2,3)7-11(8)19-13(9)17/h5H,4,6-7H2,1-3H3. The Morgan fingerprint density at radius 1 is 1.37 bits per heavy atom. The molecule has 0 bridgehead atoms. The first kappa shape index (κ1) is 13.5. The lowest BCUT2D eigenvalue weighted by Gasteiger charge is -2.28. The van der Waals surface area contributed by atoms with Crippen molar-refractivity contribution in [3.8, 4) is 0 Å². The molecule has 0 fully saturated rings. The van der Waals surface area contributed by atoms with Crippen LogP contribution in [0, 0.1) is 5.41 Å². The van der Waals surface area contributed by atoms with Crippen LogP contribution < -0.4 is 5.63 Å². The Kier molecular flexibility index (Phi) is 3.30. The molecule has 1 aromatic rings. The van der Waals surface area contributed by atoms with E-state index in [2.05, 4.69) is 0 Å². The van der Waals surface area contributed by atoms with Gasteiger partial charge in [0.2, 0.25) is 0 Å². The average molecular weight is 264 g/mol. The highest BCUT2D eigenvalue weighted by Gasteiger charge is 2.34. The van der Waals surface area contributed by atoms with Crippen LogP contribution >= 0.6 is 0 Å². The van der Waals surface area contributed by atoms with E-state index in [1.54, 1.807) is 6.92 Å². The second kappa shape index (κ2) is 4.64. The van der Waals surface area contributed by atoms with Gasteiger partial charge in [-0.2, -0.15) is 0 Å². The number of carbonyl (C=O) groups excluding carboxylic acids is 2. The maximum atomic E-state index is 12.0. The molecule has 0 aromatic carbocycles. The molecule has 0 amide bonds. The van der Waals surface area contributed by atoms with Crippen molar-refractivity contribution >= 4 is 11.8 Å². The number of carbonyl (C=O) groups is 2. The smallest absolute Gasteiger partial charge is 0.350 e. The van der Waals surface area contributed by atoms with E-state index in [0.29, 0.717) is 24.2 Å². The van der Waals surface area contributed by atoms with Gasteiger partial charge in [0.1, 0.15) is 11.3 Å². The minimum atomic E-state index is -0.753. The van der Waals surface area contributed by atoms with Crippen molar-refractivity contribution < 1.29 is 18.7 Å². The van der Waals surface area contributed by atoms with E-state index in [4.69, 9.17) is 9.15 Å². The zero-order chi connectivity index (χ0) is 14.2. The molecule has 0 radical (unpaired) electrons. The highest BCUT2D eigenvalue weighted by molar-refractivity contribution is 6.00. The molecule has 19 heavy (non-hydrogen) atoms. The number of rotatable bonds is 2. The van der Waals surface area contributed by atoms with Crippen molar-refractivity contribution in [3.05, 3.63) is 33.4 Å². The van der Waals surface area contributed by atoms with Crippen molar-refractivity contribution in [3.63, 3.8) is 0 Å². The number of hydrogen-bond donors (Lipinski definition) is 0. The van der Waals surface area contributed by atoms with E-state index < -0.39 is 11.6 Å². The molecule has 1 aromatic heterocycles. The molecule has 2 rings (SSSR count). The van der Waals surface area contributed by atoms with E-state index in [0.717, 1.165) is 0 Å². The summed E-state index contributed by atoms with van der Waals surface area (Å²) >= 11 is 0. The SMILES string of the molecule is CCOC(=O)c1cc2c(oc1=O)CC(C)(C)CC2=O. The second-order valence-corrected chi connectivity index (χ2v) is 5.45. The average Bonchev–Trinajstić information content (AvgIpc) is 2.26. The van der Waals surface area contributed by atoms with Gasteiger partial charge in [-0.1, -0.05) is 13.8 Å². The van der Waals surface area contributed by atoms with Crippen LogP contribution in [0.4, 0.5) is 0 Å². The summed E-state index contributed by atoms with van der Waals surface area (Å²) in [6, 6.07) is 1.30. The molecular formula is C14H16O5. The maximum Gasteiger partial charge on any atom is 0.350 e. The summed E-state index contributed by atoms with van der Waals surface area (Å²) in [5.74, 6) is -0.503. The fourth-order valence-electron chi connectivity index (χ4n) is 2.25. The van der Waals surface area contributed by atoms with Crippen LogP contribution in [0.15, 0.2) is 15.3 Å². The molecular weight excluding hydrogens is 248 g/mol. The highest BCUT2D eigenvalue weighted by atomic mass is 16.5. The zero-order valence-electron chi connectivity index (χ0n) is 11.2. The van der Waals surface area contributed by atoms with Crippen molar-refractivity contribution in [1.29, 1.82) is 0 Å². The molecule has 0 aliphatic heterocycles.